The minimum absolute atomic E-state index is 0.0525. The number of nitrogens with zero attached hydrogens (tertiary/aromatic N) is 1. The van der Waals surface area contributed by atoms with Crippen LogP contribution in [0, 0.1) is 5.82 Å². The number of nitrogens with one attached hydrogen (secondary N) is 1. The number of ether oxygens (including phenoxy) is 3. The maximum atomic E-state index is 14.1. The van der Waals surface area contributed by atoms with Crippen molar-refractivity contribution in [3.63, 3.8) is 0 Å². The molecule has 0 unspecified atom stereocenters. The molecule has 1 saturated heterocycles. The summed E-state index contributed by atoms with van der Waals surface area (Å²) in [5.41, 5.74) is 6.81. The molecule has 0 saturated carbocycles. The number of nitrogens with two attached hydrogens (primary N) is 1. The molecule has 4 rings (SSSR count). The molecule has 3 aromatic rings. The van der Waals surface area contributed by atoms with Gasteiger partial charge in [-0.25, -0.2) is 9.37 Å². The van der Waals surface area contributed by atoms with Crippen LogP contribution in [-0.4, -0.2) is 50.5 Å². The quantitative estimate of drug-likeness (QED) is 0.388. The van der Waals surface area contributed by atoms with Gasteiger partial charge < -0.3 is 25.3 Å². The Kier molecular flexibility index (Phi) is 8.56. The maximum absolute atomic E-state index is 14.1. The zero-order chi connectivity index (χ0) is 24.8. The summed E-state index contributed by atoms with van der Waals surface area (Å²) < 4.78 is 31.4. The fourth-order valence-corrected chi connectivity index (χ4v) is 5.56. The van der Waals surface area contributed by atoms with E-state index in [1.165, 1.54) is 23.5 Å². The lowest BCUT2D eigenvalue weighted by atomic mass is 9.90. The molecule has 1 atom stereocenters. The van der Waals surface area contributed by atoms with Crippen LogP contribution in [0.3, 0.4) is 0 Å². The Balaban J connectivity index is 1.48. The van der Waals surface area contributed by atoms with Crippen molar-refractivity contribution in [2.24, 2.45) is 5.73 Å². The molecule has 1 fully saturated rings. The van der Waals surface area contributed by atoms with Crippen molar-refractivity contribution >= 4 is 39.1 Å². The second kappa shape index (κ2) is 11.6. The van der Waals surface area contributed by atoms with Gasteiger partial charge in [-0.05, 0) is 48.4 Å². The molecular weight excluding hydrogens is 493 g/mol. The first-order chi connectivity index (χ1) is 16.9. The van der Waals surface area contributed by atoms with Gasteiger partial charge in [-0.1, -0.05) is 11.6 Å². The van der Waals surface area contributed by atoms with Gasteiger partial charge in [0.05, 0.1) is 22.4 Å². The Labute approximate surface area is 212 Å². The number of fused-ring (bicyclic) bond motifs is 1. The number of carbonyl (C=O) groups is 1. The molecule has 7 nitrogen and oxygen atoms in total. The molecule has 1 aromatic heterocycles. The molecule has 2 aromatic carbocycles. The molecule has 10 heteroatoms. The molecule has 0 bridgehead atoms. The lowest BCUT2D eigenvalue weighted by Gasteiger charge is -2.36. The highest BCUT2D eigenvalue weighted by Crippen LogP contribution is 2.38. The van der Waals surface area contributed by atoms with Crippen LogP contribution >= 0.6 is 22.9 Å². The van der Waals surface area contributed by atoms with Gasteiger partial charge in [0.25, 0.3) is 0 Å². The second-order valence-corrected chi connectivity index (χ2v) is 10.1. The van der Waals surface area contributed by atoms with Gasteiger partial charge in [-0.2, -0.15) is 0 Å². The summed E-state index contributed by atoms with van der Waals surface area (Å²) in [7, 11) is 1.63. The topological polar surface area (TPSA) is 95.7 Å². The molecule has 2 heterocycles. The summed E-state index contributed by atoms with van der Waals surface area (Å²) in [4.78, 5) is 17.9. The first-order valence-corrected chi connectivity index (χ1v) is 12.7. The minimum atomic E-state index is -0.642. The number of benzene rings is 2. The molecular formula is C25H29ClFN3O4S. The summed E-state index contributed by atoms with van der Waals surface area (Å²) in [5, 5.41) is 4.45. The highest BCUT2D eigenvalue weighted by Gasteiger charge is 2.39. The fraction of sp³-hybridized carbons (Fsp3) is 0.440. The van der Waals surface area contributed by atoms with Crippen LogP contribution in [0.25, 0.3) is 10.2 Å². The summed E-state index contributed by atoms with van der Waals surface area (Å²) in [6, 6.07) is 9.54. The number of amides is 1. The number of methoxy groups -OCH3 is 1. The molecule has 1 aliphatic rings. The van der Waals surface area contributed by atoms with Crippen molar-refractivity contribution < 1.29 is 23.4 Å². The predicted octanol–water partition coefficient (Wildman–Crippen LogP) is 4.20. The van der Waals surface area contributed by atoms with E-state index in [4.69, 9.17) is 36.5 Å². The Hall–Kier alpha value is -2.30. The predicted molar refractivity (Wildman–Crippen MR) is 135 cm³/mol. The van der Waals surface area contributed by atoms with Crippen molar-refractivity contribution in [3.8, 4) is 5.75 Å². The van der Waals surface area contributed by atoms with E-state index < -0.39 is 11.6 Å². The van der Waals surface area contributed by atoms with Crippen LogP contribution in [0.2, 0.25) is 5.02 Å². The number of aromatic nitrogens is 1. The number of halogens is 2. The first-order valence-electron chi connectivity index (χ1n) is 11.5. The molecule has 0 radical (unpaired) electrons. The van der Waals surface area contributed by atoms with Gasteiger partial charge in [0.2, 0.25) is 5.91 Å². The third-order valence-corrected chi connectivity index (χ3v) is 7.45. The van der Waals surface area contributed by atoms with Crippen molar-refractivity contribution in [2.45, 2.75) is 37.3 Å². The Bertz CT molecular complexity index is 1170. The van der Waals surface area contributed by atoms with E-state index in [2.05, 4.69) is 5.32 Å². The zero-order valence-corrected chi connectivity index (χ0v) is 21.1. The van der Waals surface area contributed by atoms with Gasteiger partial charge in [0.1, 0.15) is 23.2 Å². The lowest BCUT2D eigenvalue weighted by molar-refractivity contribution is -0.124. The Morgan fingerprint density at radius 1 is 1.29 bits per heavy atom. The third-order valence-electron chi connectivity index (χ3n) is 5.99. The van der Waals surface area contributed by atoms with Crippen molar-refractivity contribution in [3.05, 3.63) is 57.8 Å². The van der Waals surface area contributed by atoms with Crippen LogP contribution in [0.5, 0.6) is 5.75 Å². The Morgan fingerprint density at radius 2 is 2.09 bits per heavy atom. The van der Waals surface area contributed by atoms with Crippen LogP contribution in [0.15, 0.2) is 36.4 Å². The molecule has 188 valence electrons. The minimum Gasteiger partial charge on any atom is -0.491 e. The van der Waals surface area contributed by atoms with Crippen LogP contribution in [0.1, 0.15) is 29.8 Å². The van der Waals surface area contributed by atoms with Gasteiger partial charge in [-0.15, -0.1) is 11.3 Å². The number of rotatable bonds is 10. The van der Waals surface area contributed by atoms with Crippen LogP contribution in [-0.2, 0) is 26.2 Å². The van der Waals surface area contributed by atoms with E-state index >= 15 is 0 Å². The molecule has 0 spiro atoms. The summed E-state index contributed by atoms with van der Waals surface area (Å²) in [6.45, 7) is 2.00. The molecule has 0 aliphatic carbocycles. The standard InChI is InChI=1S/C25H29ClFN3O4S/c1-32-10-11-34-19-3-5-21-22(15-19)35-24(29-21)25(6-8-33-9-7-25)30-23(31)14-18(28)13-16-12-17(26)2-4-20(16)27/h2-5,12,15,18H,6-11,13-14,28H2,1H3,(H,30,31)/t18-/m1/s1. The lowest BCUT2D eigenvalue weighted by Crippen LogP contribution is -2.50. The third kappa shape index (κ3) is 6.48. The van der Waals surface area contributed by atoms with E-state index in [0.717, 1.165) is 21.0 Å². The van der Waals surface area contributed by atoms with Gasteiger partial charge >= 0.3 is 0 Å². The molecule has 3 N–H and O–H groups in total. The SMILES string of the molecule is COCCOc1ccc2nc(C3(NC(=O)C[C@H](N)Cc4cc(Cl)ccc4F)CCOCC3)sc2c1. The average Bonchev–Trinajstić information content (AvgIpc) is 3.26. The highest BCUT2D eigenvalue weighted by molar-refractivity contribution is 7.18. The van der Waals surface area contributed by atoms with Crippen LogP contribution in [0.4, 0.5) is 4.39 Å². The monoisotopic (exact) mass is 521 g/mol. The van der Waals surface area contributed by atoms with E-state index in [-0.39, 0.29) is 24.6 Å². The second-order valence-electron chi connectivity index (χ2n) is 8.64. The smallest absolute Gasteiger partial charge is 0.222 e. The highest BCUT2D eigenvalue weighted by atomic mass is 35.5. The molecule has 35 heavy (non-hydrogen) atoms. The number of hydrogen-bond donors (Lipinski definition) is 2. The van der Waals surface area contributed by atoms with E-state index in [1.54, 1.807) is 13.2 Å². The maximum Gasteiger partial charge on any atom is 0.222 e. The molecule has 1 amide bonds. The number of carbonyl (C=O) groups excluding carboxylic acids is 1. The summed E-state index contributed by atoms with van der Waals surface area (Å²) >= 11 is 7.51. The fourth-order valence-electron chi connectivity index (χ4n) is 4.16. The van der Waals surface area contributed by atoms with Crippen molar-refractivity contribution in [1.29, 1.82) is 0 Å². The van der Waals surface area contributed by atoms with Gasteiger partial charge in [0.15, 0.2) is 0 Å². The molecule has 1 aliphatic heterocycles. The first kappa shape index (κ1) is 25.8. The van der Waals surface area contributed by atoms with Gasteiger partial charge in [0, 0.05) is 50.7 Å². The van der Waals surface area contributed by atoms with E-state index in [0.29, 0.717) is 49.9 Å². The van der Waals surface area contributed by atoms with E-state index in [1.807, 2.05) is 18.2 Å². The average molecular weight is 522 g/mol. The zero-order valence-electron chi connectivity index (χ0n) is 19.5. The Morgan fingerprint density at radius 3 is 2.86 bits per heavy atom. The van der Waals surface area contributed by atoms with E-state index in [9.17, 15) is 9.18 Å². The summed E-state index contributed by atoms with van der Waals surface area (Å²) in [6.07, 6.45) is 1.47. The normalized spacial score (nSPS) is 16.2. The largest absolute Gasteiger partial charge is 0.491 e. The van der Waals surface area contributed by atoms with Gasteiger partial charge in [-0.3, -0.25) is 4.79 Å². The van der Waals surface area contributed by atoms with Crippen molar-refractivity contribution in [1.82, 2.24) is 10.3 Å². The summed E-state index contributed by atoms with van der Waals surface area (Å²) in [5.74, 6) is 0.157. The number of hydrogen-bond acceptors (Lipinski definition) is 7. The van der Waals surface area contributed by atoms with Crippen molar-refractivity contribution in [2.75, 3.05) is 33.5 Å². The van der Waals surface area contributed by atoms with Crippen LogP contribution < -0.4 is 15.8 Å². The number of thiazole rings is 1.